The number of carboxylic acid groups (broad SMARTS) is 1. The second-order valence-corrected chi connectivity index (χ2v) is 3.65. The molecule has 0 aliphatic rings. The molecule has 0 radical (unpaired) electrons. The van der Waals surface area contributed by atoms with Gasteiger partial charge in [0.1, 0.15) is 12.6 Å². The summed E-state index contributed by atoms with van der Waals surface area (Å²) in [6.07, 6.45) is -0.749. The number of hydrogen-bond donors (Lipinski definition) is 3. The van der Waals surface area contributed by atoms with E-state index < -0.39 is 18.1 Å². The summed E-state index contributed by atoms with van der Waals surface area (Å²) in [5.41, 5.74) is 0.841. The van der Waals surface area contributed by atoms with Gasteiger partial charge in [0, 0.05) is 6.54 Å². The molecule has 0 unspecified atom stereocenters. The van der Waals surface area contributed by atoms with Crippen molar-refractivity contribution in [3.8, 4) is 0 Å². The molecule has 6 heteroatoms. The van der Waals surface area contributed by atoms with Crippen molar-refractivity contribution < 1.29 is 19.4 Å². The maximum Gasteiger partial charge on any atom is 0.408 e. The van der Waals surface area contributed by atoms with Crippen LogP contribution in [0.3, 0.4) is 0 Å². The summed E-state index contributed by atoms with van der Waals surface area (Å²) in [5, 5.41) is 13.8. The van der Waals surface area contributed by atoms with Crippen LogP contribution < -0.4 is 10.6 Å². The van der Waals surface area contributed by atoms with Gasteiger partial charge >= 0.3 is 12.1 Å². The molecule has 0 saturated carbocycles. The van der Waals surface area contributed by atoms with Crippen LogP contribution >= 0.6 is 0 Å². The number of aliphatic carboxylic acids is 1. The Morgan fingerprint density at radius 2 is 2.00 bits per heavy atom. The number of benzene rings is 1. The van der Waals surface area contributed by atoms with Crippen LogP contribution in [-0.2, 0) is 16.1 Å². The van der Waals surface area contributed by atoms with E-state index in [4.69, 9.17) is 9.84 Å². The molecule has 1 rings (SSSR count). The van der Waals surface area contributed by atoms with Crippen molar-refractivity contribution in [2.24, 2.45) is 0 Å². The highest BCUT2D eigenvalue weighted by Gasteiger charge is 2.19. The van der Waals surface area contributed by atoms with Crippen LogP contribution in [0, 0.1) is 0 Å². The molecule has 6 nitrogen and oxygen atoms in total. The fraction of sp³-hybridized carbons (Fsp3) is 0.333. The first-order valence-electron chi connectivity index (χ1n) is 5.48. The molecule has 1 aromatic rings. The van der Waals surface area contributed by atoms with E-state index in [1.165, 1.54) is 0 Å². The molecule has 0 bridgehead atoms. The highest BCUT2D eigenvalue weighted by atomic mass is 16.5. The minimum atomic E-state index is -1.11. The maximum atomic E-state index is 11.4. The predicted molar refractivity (Wildman–Crippen MR) is 65.1 cm³/mol. The maximum absolute atomic E-state index is 11.4. The molecule has 98 valence electrons. The molecule has 1 atom stereocenters. The lowest BCUT2D eigenvalue weighted by molar-refractivity contribution is -0.139. The van der Waals surface area contributed by atoms with Crippen LogP contribution in [0.1, 0.15) is 5.56 Å². The Kier molecular flexibility index (Phi) is 5.66. The summed E-state index contributed by atoms with van der Waals surface area (Å²) in [5.74, 6) is -1.11. The minimum Gasteiger partial charge on any atom is -0.480 e. The topological polar surface area (TPSA) is 87.7 Å². The monoisotopic (exact) mass is 252 g/mol. The second kappa shape index (κ2) is 7.29. The Hall–Kier alpha value is -2.08. The third-order valence-electron chi connectivity index (χ3n) is 2.21. The van der Waals surface area contributed by atoms with Crippen LogP contribution in [0.5, 0.6) is 0 Å². The molecular formula is C12H16N2O4. The van der Waals surface area contributed by atoms with Crippen molar-refractivity contribution in [3.05, 3.63) is 35.9 Å². The molecule has 0 heterocycles. The molecule has 0 aromatic heterocycles. The Balaban J connectivity index is 2.39. The van der Waals surface area contributed by atoms with Gasteiger partial charge in [-0.05, 0) is 12.6 Å². The fourth-order valence-electron chi connectivity index (χ4n) is 1.31. The van der Waals surface area contributed by atoms with Gasteiger partial charge in [0.2, 0.25) is 0 Å². The third-order valence-corrected chi connectivity index (χ3v) is 2.21. The van der Waals surface area contributed by atoms with Crippen LogP contribution in [-0.4, -0.2) is 36.8 Å². The van der Waals surface area contributed by atoms with Gasteiger partial charge in [-0.15, -0.1) is 0 Å². The van der Waals surface area contributed by atoms with Gasteiger partial charge in [0.25, 0.3) is 0 Å². The number of carbonyl (C=O) groups excluding carboxylic acids is 1. The molecule has 0 saturated heterocycles. The van der Waals surface area contributed by atoms with Crippen molar-refractivity contribution in [2.45, 2.75) is 12.6 Å². The number of ether oxygens (including phenoxy) is 1. The van der Waals surface area contributed by atoms with Crippen LogP contribution in [0.25, 0.3) is 0 Å². The first kappa shape index (κ1) is 14.0. The second-order valence-electron chi connectivity index (χ2n) is 3.65. The van der Waals surface area contributed by atoms with Crippen molar-refractivity contribution in [1.29, 1.82) is 0 Å². The summed E-state index contributed by atoms with van der Waals surface area (Å²) >= 11 is 0. The zero-order valence-electron chi connectivity index (χ0n) is 10.1. The standard InChI is InChI=1S/C12H16N2O4/c1-13-7-10(11(15)16)14-12(17)18-8-9-5-3-2-4-6-9/h2-6,10,13H,7-8H2,1H3,(H,14,17)(H,15,16)/t10-/m0/s1. The number of alkyl carbamates (subject to hydrolysis) is 1. The van der Waals surface area contributed by atoms with Crippen LogP contribution in [0.15, 0.2) is 30.3 Å². The summed E-state index contributed by atoms with van der Waals surface area (Å²) in [7, 11) is 1.60. The summed E-state index contributed by atoms with van der Waals surface area (Å²) in [6, 6.07) is 8.15. The number of carboxylic acids is 1. The van der Waals surface area contributed by atoms with E-state index >= 15 is 0 Å². The van der Waals surface area contributed by atoms with Gasteiger partial charge in [-0.25, -0.2) is 9.59 Å². The van der Waals surface area contributed by atoms with E-state index in [2.05, 4.69) is 10.6 Å². The van der Waals surface area contributed by atoms with Crippen LogP contribution in [0.2, 0.25) is 0 Å². The average Bonchev–Trinajstić information content (AvgIpc) is 2.37. The Labute approximate surface area is 105 Å². The van der Waals surface area contributed by atoms with E-state index in [1.54, 1.807) is 7.05 Å². The molecular weight excluding hydrogens is 236 g/mol. The lowest BCUT2D eigenvalue weighted by Gasteiger charge is -2.13. The normalized spacial score (nSPS) is 11.6. The zero-order valence-corrected chi connectivity index (χ0v) is 10.1. The fourth-order valence-corrected chi connectivity index (χ4v) is 1.31. The van der Waals surface area contributed by atoms with Crippen molar-refractivity contribution in [1.82, 2.24) is 10.6 Å². The number of amides is 1. The van der Waals surface area contributed by atoms with E-state index in [0.717, 1.165) is 5.56 Å². The molecule has 1 amide bonds. The zero-order chi connectivity index (χ0) is 13.4. The molecule has 3 N–H and O–H groups in total. The van der Waals surface area contributed by atoms with Gasteiger partial charge < -0.3 is 20.5 Å². The smallest absolute Gasteiger partial charge is 0.408 e. The highest BCUT2D eigenvalue weighted by Crippen LogP contribution is 2.00. The van der Waals surface area contributed by atoms with Crippen molar-refractivity contribution in [2.75, 3.05) is 13.6 Å². The van der Waals surface area contributed by atoms with E-state index in [1.807, 2.05) is 30.3 Å². The van der Waals surface area contributed by atoms with Crippen molar-refractivity contribution in [3.63, 3.8) is 0 Å². The minimum absolute atomic E-state index is 0.110. The lowest BCUT2D eigenvalue weighted by Crippen LogP contribution is -2.46. The first-order valence-corrected chi connectivity index (χ1v) is 5.48. The average molecular weight is 252 g/mol. The molecule has 0 aliphatic carbocycles. The summed E-state index contributed by atoms with van der Waals surface area (Å²) in [6.45, 7) is 0.244. The number of carbonyl (C=O) groups is 2. The summed E-state index contributed by atoms with van der Waals surface area (Å²) in [4.78, 5) is 22.2. The summed E-state index contributed by atoms with van der Waals surface area (Å²) < 4.78 is 4.91. The van der Waals surface area contributed by atoms with Crippen molar-refractivity contribution >= 4 is 12.1 Å². The Morgan fingerprint density at radius 3 is 2.56 bits per heavy atom. The first-order chi connectivity index (χ1) is 8.63. The molecule has 0 fully saturated rings. The number of likely N-dealkylation sites (N-methyl/N-ethyl adjacent to an activating group) is 1. The van der Waals surface area contributed by atoms with E-state index in [0.29, 0.717) is 0 Å². The quantitative estimate of drug-likeness (QED) is 0.689. The molecule has 1 aromatic carbocycles. The largest absolute Gasteiger partial charge is 0.480 e. The van der Waals surface area contributed by atoms with Crippen LogP contribution in [0.4, 0.5) is 4.79 Å². The number of hydrogen-bond acceptors (Lipinski definition) is 4. The highest BCUT2D eigenvalue weighted by molar-refractivity contribution is 5.80. The van der Waals surface area contributed by atoms with Gasteiger partial charge in [-0.1, -0.05) is 30.3 Å². The lowest BCUT2D eigenvalue weighted by atomic mass is 10.2. The number of rotatable bonds is 6. The SMILES string of the molecule is CNC[C@H](NC(=O)OCc1ccccc1)C(=O)O. The van der Waals surface area contributed by atoms with E-state index in [-0.39, 0.29) is 13.2 Å². The Bertz CT molecular complexity index is 394. The van der Waals surface area contributed by atoms with Gasteiger partial charge in [0.05, 0.1) is 0 Å². The molecule has 0 aliphatic heterocycles. The third kappa shape index (κ3) is 4.84. The van der Waals surface area contributed by atoms with Gasteiger partial charge in [-0.3, -0.25) is 0 Å². The molecule has 18 heavy (non-hydrogen) atoms. The van der Waals surface area contributed by atoms with Gasteiger partial charge in [0.15, 0.2) is 0 Å². The van der Waals surface area contributed by atoms with E-state index in [9.17, 15) is 9.59 Å². The predicted octanol–water partition coefficient (Wildman–Crippen LogP) is 0.585. The van der Waals surface area contributed by atoms with Gasteiger partial charge in [-0.2, -0.15) is 0 Å². The Morgan fingerprint density at radius 1 is 1.33 bits per heavy atom. The molecule has 0 spiro atoms. The number of nitrogens with one attached hydrogen (secondary N) is 2.